The van der Waals surface area contributed by atoms with Crippen molar-refractivity contribution < 1.29 is 22.8 Å². The Labute approximate surface area is 252 Å². The number of carbonyl (C=O) groups is 3. The van der Waals surface area contributed by atoms with Crippen LogP contribution in [0, 0.1) is 0 Å². The fraction of sp³-hybridized carbons (Fsp3) is 0.0333. The summed E-state index contributed by atoms with van der Waals surface area (Å²) in [5.41, 5.74) is 1.86. The average Bonchev–Trinajstić information content (AvgIpc) is 2.97. The molecule has 4 rings (SSSR count). The molecule has 9 nitrogen and oxygen atoms in total. The lowest BCUT2D eigenvalue weighted by Gasteiger charge is -2.12. The number of nitrogens with two attached hydrogens (primary N) is 1. The van der Waals surface area contributed by atoms with Gasteiger partial charge in [-0.3, -0.25) is 14.4 Å². The molecule has 0 aromatic heterocycles. The quantitative estimate of drug-likeness (QED) is 0.143. The number of sulfonamides is 1. The highest BCUT2D eigenvalue weighted by atomic mass is 35.5. The number of nitrogens with one attached hydrogen (secondary N) is 3. The predicted molar refractivity (Wildman–Crippen MR) is 166 cm³/mol. The van der Waals surface area contributed by atoms with Crippen molar-refractivity contribution in [3.63, 3.8) is 0 Å². The predicted octanol–water partition coefficient (Wildman–Crippen LogP) is 5.13. The molecule has 0 aliphatic rings. The van der Waals surface area contributed by atoms with Crippen molar-refractivity contribution in [2.75, 3.05) is 16.4 Å². The van der Waals surface area contributed by atoms with Crippen LogP contribution >= 0.6 is 23.4 Å². The molecule has 0 fully saturated rings. The zero-order valence-corrected chi connectivity index (χ0v) is 24.3. The number of thioether (sulfide) groups is 1. The van der Waals surface area contributed by atoms with Crippen molar-refractivity contribution in [1.82, 2.24) is 5.32 Å². The van der Waals surface area contributed by atoms with E-state index in [1.807, 2.05) is 0 Å². The molecule has 0 heterocycles. The molecule has 214 valence electrons. The van der Waals surface area contributed by atoms with Crippen LogP contribution in [0.2, 0.25) is 5.02 Å². The first-order valence-electron chi connectivity index (χ1n) is 12.4. The molecule has 0 aliphatic carbocycles. The molecule has 5 N–H and O–H groups in total. The third-order valence-electron chi connectivity index (χ3n) is 5.68. The van der Waals surface area contributed by atoms with Crippen LogP contribution in [-0.4, -0.2) is 31.9 Å². The number of halogens is 1. The molecule has 42 heavy (non-hydrogen) atoms. The molecular formula is C30H25ClN4O5S2. The van der Waals surface area contributed by atoms with E-state index in [0.29, 0.717) is 27.5 Å². The van der Waals surface area contributed by atoms with Crippen LogP contribution in [0.15, 0.2) is 119 Å². The fourth-order valence-corrected chi connectivity index (χ4v) is 5.00. The molecule has 0 atom stereocenters. The Balaban J connectivity index is 1.38. The summed E-state index contributed by atoms with van der Waals surface area (Å²) in [7, 11) is -3.81. The van der Waals surface area contributed by atoms with Crippen LogP contribution in [0.3, 0.4) is 0 Å². The number of hydrogen-bond acceptors (Lipinski definition) is 6. The minimum Gasteiger partial charge on any atom is -0.325 e. The summed E-state index contributed by atoms with van der Waals surface area (Å²) in [5, 5.41) is 13.6. The first-order chi connectivity index (χ1) is 20.1. The Morgan fingerprint density at radius 2 is 1.38 bits per heavy atom. The first kappa shape index (κ1) is 30.5. The maximum atomic E-state index is 13.2. The number of carbonyl (C=O) groups excluding carboxylic acids is 3. The molecule has 0 saturated carbocycles. The minimum atomic E-state index is -3.81. The molecule has 0 radical (unpaired) electrons. The van der Waals surface area contributed by atoms with Crippen LogP contribution in [-0.2, 0) is 19.6 Å². The first-order valence-corrected chi connectivity index (χ1v) is 15.3. The van der Waals surface area contributed by atoms with Crippen LogP contribution in [0.1, 0.15) is 15.9 Å². The lowest BCUT2D eigenvalue weighted by Crippen LogP contribution is -2.30. The second kappa shape index (κ2) is 14.0. The molecule has 4 aromatic carbocycles. The molecule has 3 amide bonds. The van der Waals surface area contributed by atoms with E-state index in [2.05, 4.69) is 16.0 Å². The van der Waals surface area contributed by atoms with Gasteiger partial charge in [0.2, 0.25) is 15.9 Å². The van der Waals surface area contributed by atoms with Crippen LogP contribution in [0.25, 0.3) is 6.08 Å². The van der Waals surface area contributed by atoms with E-state index in [1.165, 1.54) is 42.1 Å². The van der Waals surface area contributed by atoms with Gasteiger partial charge in [-0.15, -0.1) is 11.8 Å². The summed E-state index contributed by atoms with van der Waals surface area (Å²) >= 11 is 7.55. The van der Waals surface area contributed by atoms with E-state index in [4.69, 9.17) is 16.7 Å². The van der Waals surface area contributed by atoms with Gasteiger partial charge in [0.1, 0.15) is 5.70 Å². The highest BCUT2D eigenvalue weighted by Crippen LogP contribution is 2.22. The summed E-state index contributed by atoms with van der Waals surface area (Å²) < 4.78 is 22.7. The van der Waals surface area contributed by atoms with Crippen LogP contribution in [0.5, 0.6) is 0 Å². The number of amides is 3. The highest BCUT2D eigenvalue weighted by molar-refractivity contribution is 8.00. The number of rotatable bonds is 10. The van der Waals surface area contributed by atoms with E-state index in [9.17, 15) is 22.8 Å². The van der Waals surface area contributed by atoms with Crippen LogP contribution < -0.4 is 21.1 Å². The molecule has 12 heteroatoms. The third-order valence-corrected chi connectivity index (χ3v) is 7.97. The van der Waals surface area contributed by atoms with Gasteiger partial charge in [-0.2, -0.15) is 0 Å². The lowest BCUT2D eigenvalue weighted by atomic mass is 10.1. The molecule has 0 spiro atoms. The molecule has 0 saturated heterocycles. The largest absolute Gasteiger partial charge is 0.325 e. The van der Waals surface area contributed by atoms with Crippen molar-refractivity contribution in [2.24, 2.45) is 5.14 Å². The lowest BCUT2D eigenvalue weighted by molar-refractivity contribution is -0.114. The Morgan fingerprint density at radius 3 is 2.02 bits per heavy atom. The maximum absolute atomic E-state index is 13.2. The summed E-state index contributed by atoms with van der Waals surface area (Å²) in [6.45, 7) is 0. The molecule has 0 unspecified atom stereocenters. The van der Waals surface area contributed by atoms with E-state index in [1.54, 1.807) is 78.9 Å². The maximum Gasteiger partial charge on any atom is 0.272 e. The zero-order chi connectivity index (χ0) is 30.1. The Morgan fingerprint density at radius 1 is 0.786 bits per heavy atom. The molecule has 0 aliphatic heterocycles. The van der Waals surface area contributed by atoms with E-state index >= 15 is 0 Å². The van der Waals surface area contributed by atoms with Gasteiger partial charge >= 0.3 is 0 Å². The molecular weight excluding hydrogens is 596 g/mol. The second-order valence-electron chi connectivity index (χ2n) is 8.78. The summed E-state index contributed by atoms with van der Waals surface area (Å²) in [5.74, 6) is -1.19. The van der Waals surface area contributed by atoms with Crippen molar-refractivity contribution in [2.45, 2.75) is 9.79 Å². The van der Waals surface area contributed by atoms with Crippen molar-refractivity contribution >= 4 is 68.6 Å². The smallest absolute Gasteiger partial charge is 0.272 e. The third kappa shape index (κ3) is 8.79. The summed E-state index contributed by atoms with van der Waals surface area (Å²) in [4.78, 5) is 39.1. The van der Waals surface area contributed by atoms with Gasteiger partial charge in [0, 0.05) is 26.9 Å². The standard InChI is InChI=1S/C30H25ClN4O5S2/c31-26-9-5-4-8-21(26)18-27(35-29(37)20-6-2-1-3-7-20)30(38)34-23-10-14-24(15-11-23)41-19-28(36)33-22-12-16-25(17-13-22)42(32,39)40/h1-18H,19H2,(H,33,36)(H,34,38)(H,35,37)(H2,32,39,40)/b27-18-. The van der Waals surface area contributed by atoms with E-state index < -0.39 is 21.8 Å². The number of primary sulfonamides is 1. The van der Waals surface area contributed by atoms with Gasteiger partial charge in [0.25, 0.3) is 11.8 Å². The van der Waals surface area contributed by atoms with E-state index in [0.717, 1.165) is 4.90 Å². The molecule has 4 aromatic rings. The van der Waals surface area contributed by atoms with Gasteiger partial charge in [0.05, 0.1) is 10.6 Å². The topological polar surface area (TPSA) is 147 Å². The SMILES string of the molecule is NS(=O)(=O)c1ccc(NC(=O)CSc2ccc(NC(=O)/C(=C/c3ccccc3Cl)NC(=O)c3ccccc3)cc2)cc1. The van der Waals surface area contributed by atoms with Gasteiger partial charge in [0.15, 0.2) is 0 Å². The Bertz CT molecular complexity index is 1730. The van der Waals surface area contributed by atoms with Crippen LogP contribution in [0.4, 0.5) is 11.4 Å². The number of anilines is 2. The molecule has 0 bridgehead atoms. The average molecular weight is 621 g/mol. The normalized spacial score (nSPS) is 11.4. The highest BCUT2D eigenvalue weighted by Gasteiger charge is 2.16. The zero-order valence-electron chi connectivity index (χ0n) is 21.9. The van der Waals surface area contributed by atoms with Crippen molar-refractivity contribution in [3.8, 4) is 0 Å². The van der Waals surface area contributed by atoms with Gasteiger partial charge in [-0.25, -0.2) is 13.6 Å². The Hall–Kier alpha value is -4.42. The number of hydrogen-bond donors (Lipinski definition) is 4. The Kier molecular flexibility index (Phi) is 10.2. The second-order valence-corrected chi connectivity index (χ2v) is 11.8. The van der Waals surface area contributed by atoms with Crippen molar-refractivity contribution in [1.29, 1.82) is 0 Å². The van der Waals surface area contributed by atoms with Gasteiger partial charge in [-0.05, 0) is 78.4 Å². The summed E-state index contributed by atoms with van der Waals surface area (Å²) in [6, 6.07) is 27.8. The number of benzene rings is 4. The monoisotopic (exact) mass is 620 g/mol. The van der Waals surface area contributed by atoms with E-state index in [-0.39, 0.29) is 22.3 Å². The van der Waals surface area contributed by atoms with Gasteiger partial charge in [-0.1, -0.05) is 48.0 Å². The minimum absolute atomic E-state index is 0.00386. The summed E-state index contributed by atoms with van der Waals surface area (Å²) in [6.07, 6.45) is 1.50. The fourth-order valence-electron chi connectivity index (χ4n) is 3.60. The van der Waals surface area contributed by atoms with Crippen molar-refractivity contribution in [3.05, 3.63) is 125 Å². The van der Waals surface area contributed by atoms with Gasteiger partial charge < -0.3 is 16.0 Å².